The van der Waals surface area contributed by atoms with Gasteiger partial charge in [-0.2, -0.15) is 0 Å². The zero-order chi connectivity index (χ0) is 18.8. The standard InChI is InChI=1S/C22H31N5/c1-3-4-15-7-18(8-15)25-11-17(10-23)22-13-26-20-6-5-16(9-21(20)27-22)19-12-24-14(19)2/h5-6,9-11,14-15,18-19,23-26H,3-4,7-8,12-13H2,1-2H3/b17-11+,23-10?/t14-,15?,18?,19?/m1/s1. The van der Waals surface area contributed by atoms with Gasteiger partial charge in [-0.15, -0.1) is 0 Å². The molecule has 0 aromatic heterocycles. The molecule has 1 saturated carbocycles. The second-order valence-corrected chi connectivity index (χ2v) is 8.23. The smallest absolute Gasteiger partial charge is 0.0868 e. The average Bonchev–Trinajstić information content (AvgIpc) is 2.64. The van der Waals surface area contributed by atoms with Gasteiger partial charge in [0, 0.05) is 42.5 Å². The van der Waals surface area contributed by atoms with Crippen molar-refractivity contribution in [2.24, 2.45) is 10.9 Å². The van der Waals surface area contributed by atoms with Crippen LogP contribution in [0.25, 0.3) is 0 Å². The van der Waals surface area contributed by atoms with Gasteiger partial charge in [0.1, 0.15) is 0 Å². The number of hydrogen-bond donors (Lipinski definition) is 4. The molecule has 0 radical (unpaired) electrons. The fraction of sp³-hybridized carbons (Fsp3) is 0.545. The summed E-state index contributed by atoms with van der Waals surface area (Å²) in [5.74, 6) is 1.46. The summed E-state index contributed by atoms with van der Waals surface area (Å²) in [6, 6.07) is 7.65. The summed E-state index contributed by atoms with van der Waals surface area (Å²) in [4.78, 5) is 4.88. The predicted octanol–water partition coefficient (Wildman–Crippen LogP) is 3.96. The first-order chi connectivity index (χ1) is 13.2. The molecule has 1 aromatic rings. The van der Waals surface area contributed by atoms with Crippen LogP contribution in [0.4, 0.5) is 11.4 Å². The largest absolute Gasteiger partial charge is 0.388 e. The van der Waals surface area contributed by atoms with Crippen LogP contribution >= 0.6 is 0 Å². The summed E-state index contributed by atoms with van der Waals surface area (Å²) in [7, 11) is 0. The van der Waals surface area contributed by atoms with Crippen molar-refractivity contribution in [2.75, 3.05) is 18.4 Å². The minimum Gasteiger partial charge on any atom is -0.388 e. The number of nitrogens with zero attached hydrogens (tertiary/aromatic N) is 1. The van der Waals surface area contributed by atoms with Crippen molar-refractivity contribution >= 4 is 23.3 Å². The maximum atomic E-state index is 7.83. The Morgan fingerprint density at radius 1 is 1.37 bits per heavy atom. The van der Waals surface area contributed by atoms with Gasteiger partial charge in [0.25, 0.3) is 0 Å². The van der Waals surface area contributed by atoms with Crippen molar-refractivity contribution in [3.63, 3.8) is 0 Å². The van der Waals surface area contributed by atoms with Gasteiger partial charge in [0.2, 0.25) is 0 Å². The quantitative estimate of drug-likeness (QED) is 0.553. The molecule has 1 aliphatic carbocycles. The van der Waals surface area contributed by atoms with Crippen LogP contribution in [-0.4, -0.2) is 37.1 Å². The molecule has 4 rings (SSSR count). The molecule has 5 nitrogen and oxygen atoms in total. The molecule has 1 saturated heterocycles. The van der Waals surface area contributed by atoms with Crippen LogP contribution in [0.3, 0.4) is 0 Å². The van der Waals surface area contributed by atoms with E-state index in [1.54, 1.807) is 0 Å². The molecule has 2 atom stereocenters. The average molecular weight is 366 g/mol. The Morgan fingerprint density at radius 3 is 2.89 bits per heavy atom. The van der Waals surface area contributed by atoms with Crippen molar-refractivity contribution in [3.05, 3.63) is 35.5 Å². The Balaban J connectivity index is 1.46. The molecule has 1 unspecified atom stereocenters. The molecule has 0 bridgehead atoms. The van der Waals surface area contributed by atoms with E-state index in [0.29, 0.717) is 24.5 Å². The van der Waals surface area contributed by atoms with E-state index >= 15 is 0 Å². The fourth-order valence-corrected chi connectivity index (χ4v) is 4.36. The lowest BCUT2D eigenvalue weighted by molar-refractivity contribution is 0.224. The first kappa shape index (κ1) is 18.2. The van der Waals surface area contributed by atoms with E-state index in [9.17, 15) is 0 Å². The molecule has 4 N–H and O–H groups in total. The molecule has 2 fully saturated rings. The third-order valence-corrected chi connectivity index (χ3v) is 6.31. The highest BCUT2D eigenvalue weighted by Crippen LogP contribution is 2.35. The lowest BCUT2D eigenvalue weighted by Gasteiger charge is -2.36. The Hall–Kier alpha value is -2.14. The van der Waals surface area contributed by atoms with Crippen LogP contribution < -0.4 is 16.0 Å². The second kappa shape index (κ2) is 7.85. The SMILES string of the molecule is CCCC1CC(N/C=C(\C=N)C2=Nc3cc(C4CN[C@@H]4C)ccc3NC2)C1. The van der Waals surface area contributed by atoms with E-state index in [2.05, 4.69) is 48.0 Å². The van der Waals surface area contributed by atoms with E-state index in [0.717, 1.165) is 35.1 Å². The van der Waals surface area contributed by atoms with Gasteiger partial charge >= 0.3 is 0 Å². The van der Waals surface area contributed by atoms with Crippen LogP contribution in [0, 0.1) is 11.3 Å². The van der Waals surface area contributed by atoms with Gasteiger partial charge in [-0.05, 0) is 43.4 Å². The molecule has 0 spiro atoms. The van der Waals surface area contributed by atoms with Crippen molar-refractivity contribution in [1.82, 2.24) is 10.6 Å². The maximum Gasteiger partial charge on any atom is 0.0868 e. The first-order valence-electron chi connectivity index (χ1n) is 10.3. The van der Waals surface area contributed by atoms with Gasteiger partial charge in [-0.3, -0.25) is 0 Å². The van der Waals surface area contributed by atoms with Crippen LogP contribution in [0.2, 0.25) is 0 Å². The predicted molar refractivity (Wildman–Crippen MR) is 114 cm³/mol. The molecular formula is C22H31N5. The number of rotatable bonds is 7. The summed E-state index contributed by atoms with van der Waals surface area (Å²) >= 11 is 0. The second-order valence-electron chi connectivity index (χ2n) is 8.23. The number of aliphatic imine (C=N–C) groups is 1. The summed E-state index contributed by atoms with van der Waals surface area (Å²) in [6.07, 6.45) is 8.53. The zero-order valence-electron chi connectivity index (χ0n) is 16.4. The Kier molecular flexibility index (Phi) is 5.30. The maximum absolute atomic E-state index is 7.83. The highest BCUT2D eigenvalue weighted by atomic mass is 15.0. The molecule has 0 amide bonds. The normalized spacial score (nSPS) is 29.6. The number of anilines is 1. The Morgan fingerprint density at radius 2 is 2.22 bits per heavy atom. The summed E-state index contributed by atoms with van der Waals surface area (Å²) in [5.41, 5.74) is 5.23. The van der Waals surface area contributed by atoms with Crippen molar-refractivity contribution in [1.29, 1.82) is 5.41 Å². The van der Waals surface area contributed by atoms with Gasteiger partial charge < -0.3 is 21.4 Å². The zero-order valence-corrected chi connectivity index (χ0v) is 16.4. The Bertz CT molecular complexity index is 760. The number of benzene rings is 1. The molecule has 2 heterocycles. The van der Waals surface area contributed by atoms with E-state index in [-0.39, 0.29) is 0 Å². The van der Waals surface area contributed by atoms with Gasteiger partial charge in [0.05, 0.1) is 23.6 Å². The van der Waals surface area contributed by atoms with E-state index in [4.69, 9.17) is 10.4 Å². The summed E-state index contributed by atoms with van der Waals surface area (Å²) in [5, 5.41) is 18.2. The van der Waals surface area contributed by atoms with E-state index in [1.807, 2.05) is 6.20 Å². The number of fused-ring (bicyclic) bond motifs is 1. The van der Waals surface area contributed by atoms with Crippen molar-refractivity contribution in [3.8, 4) is 0 Å². The Labute approximate surface area is 162 Å². The van der Waals surface area contributed by atoms with Gasteiger partial charge in [-0.1, -0.05) is 25.8 Å². The lowest BCUT2D eigenvalue weighted by Crippen LogP contribution is -2.48. The molecule has 27 heavy (non-hydrogen) atoms. The van der Waals surface area contributed by atoms with Gasteiger partial charge in [0.15, 0.2) is 0 Å². The topological polar surface area (TPSA) is 72.3 Å². The van der Waals surface area contributed by atoms with Crippen molar-refractivity contribution in [2.45, 2.75) is 57.5 Å². The number of hydrogen-bond acceptors (Lipinski definition) is 5. The van der Waals surface area contributed by atoms with Crippen LogP contribution in [0.5, 0.6) is 0 Å². The third kappa shape index (κ3) is 3.79. The summed E-state index contributed by atoms with van der Waals surface area (Å²) in [6.45, 7) is 6.20. The lowest BCUT2D eigenvalue weighted by atomic mass is 9.78. The van der Waals surface area contributed by atoms with Crippen LogP contribution in [0.1, 0.15) is 51.0 Å². The fourth-order valence-electron chi connectivity index (χ4n) is 4.36. The van der Waals surface area contributed by atoms with Crippen LogP contribution in [-0.2, 0) is 0 Å². The third-order valence-electron chi connectivity index (χ3n) is 6.31. The molecule has 5 heteroatoms. The monoisotopic (exact) mass is 365 g/mol. The highest BCUT2D eigenvalue weighted by Gasteiger charge is 2.29. The molecule has 2 aliphatic heterocycles. The van der Waals surface area contributed by atoms with Crippen molar-refractivity contribution < 1.29 is 0 Å². The van der Waals surface area contributed by atoms with E-state index < -0.39 is 0 Å². The minimum atomic E-state index is 0.531. The van der Waals surface area contributed by atoms with Gasteiger partial charge in [-0.25, -0.2) is 4.99 Å². The number of nitrogens with one attached hydrogen (secondary N) is 4. The molecule has 144 valence electrons. The van der Waals surface area contributed by atoms with E-state index in [1.165, 1.54) is 37.5 Å². The first-order valence-corrected chi connectivity index (χ1v) is 10.3. The molecule has 1 aromatic carbocycles. The highest BCUT2D eigenvalue weighted by molar-refractivity contribution is 6.19. The van der Waals surface area contributed by atoms with Crippen LogP contribution in [0.15, 0.2) is 35.0 Å². The minimum absolute atomic E-state index is 0.531. The molecule has 3 aliphatic rings. The molecular weight excluding hydrogens is 334 g/mol. The summed E-state index contributed by atoms with van der Waals surface area (Å²) < 4.78 is 0.